The average molecular weight is 359 g/mol. The number of nitrogens with one attached hydrogen (secondary N) is 2. The fourth-order valence-corrected chi connectivity index (χ4v) is 2.27. The van der Waals surface area contributed by atoms with Crippen molar-refractivity contribution in [2.45, 2.75) is 19.4 Å². The predicted octanol–water partition coefficient (Wildman–Crippen LogP) is 2.73. The van der Waals surface area contributed by atoms with E-state index in [1.165, 1.54) is 36.4 Å². The normalized spacial score (nSPS) is 11.5. The van der Waals surface area contributed by atoms with Gasteiger partial charge in [-0.1, -0.05) is 12.1 Å². The molecule has 2 aromatic carbocycles. The number of hydrogen-bond donors (Lipinski definition) is 2. The predicted molar refractivity (Wildman–Crippen MR) is 93.0 cm³/mol. The average Bonchev–Trinajstić information content (AvgIpc) is 2.62. The van der Waals surface area contributed by atoms with Crippen molar-refractivity contribution in [3.8, 4) is 0 Å². The first-order valence-electron chi connectivity index (χ1n) is 7.94. The molecule has 1 unspecified atom stereocenters. The Morgan fingerprint density at radius 1 is 1.12 bits per heavy atom. The van der Waals surface area contributed by atoms with Crippen molar-refractivity contribution in [2.24, 2.45) is 0 Å². The number of hydrogen-bond acceptors (Lipinski definition) is 4. The van der Waals surface area contributed by atoms with Gasteiger partial charge < -0.3 is 10.6 Å². The van der Waals surface area contributed by atoms with Crippen LogP contribution in [-0.2, 0) is 4.79 Å². The van der Waals surface area contributed by atoms with E-state index in [0.717, 1.165) is 5.56 Å². The summed E-state index contributed by atoms with van der Waals surface area (Å²) in [5.74, 6) is -1.02. The number of halogens is 1. The number of non-ortho nitro benzene ring substituents is 1. The van der Waals surface area contributed by atoms with Gasteiger partial charge in [-0.15, -0.1) is 0 Å². The molecule has 0 fully saturated rings. The molecule has 2 aromatic rings. The van der Waals surface area contributed by atoms with Gasteiger partial charge in [0.2, 0.25) is 5.91 Å². The van der Waals surface area contributed by atoms with Gasteiger partial charge in [0.05, 0.1) is 11.0 Å². The maximum absolute atomic E-state index is 12.9. The molecule has 0 aliphatic heterocycles. The van der Waals surface area contributed by atoms with E-state index >= 15 is 0 Å². The second-order valence-electron chi connectivity index (χ2n) is 5.65. The molecule has 0 heterocycles. The number of nitro benzene ring substituents is 1. The number of carbonyl (C=O) groups is 2. The second kappa shape index (κ2) is 8.70. The summed E-state index contributed by atoms with van der Waals surface area (Å²) in [5.41, 5.74) is 0.945. The highest BCUT2D eigenvalue weighted by atomic mass is 19.1. The summed E-state index contributed by atoms with van der Waals surface area (Å²) in [6, 6.07) is 10.7. The molecular weight excluding hydrogens is 341 g/mol. The lowest BCUT2D eigenvalue weighted by Gasteiger charge is -2.14. The SMILES string of the molecule is CC(NC(=O)CCNC(=O)c1ccc([N+](=O)[O-])cc1)c1ccc(F)cc1. The summed E-state index contributed by atoms with van der Waals surface area (Å²) < 4.78 is 12.9. The highest BCUT2D eigenvalue weighted by molar-refractivity contribution is 5.94. The molecule has 2 amide bonds. The Morgan fingerprint density at radius 2 is 1.73 bits per heavy atom. The third kappa shape index (κ3) is 5.37. The standard InChI is InChI=1S/C18H18FN3O4/c1-12(13-2-6-15(19)7-3-13)21-17(23)10-11-20-18(24)14-4-8-16(9-5-14)22(25)26/h2-9,12H,10-11H2,1H3,(H,20,24)(H,21,23). The molecular formula is C18H18FN3O4. The molecule has 0 aliphatic rings. The zero-order valence-corrected chi connectivity index (χ0v) is 14.1. The molecule has 8 heteroatoms. The van der Waals surface area contributed by atoms with E-state index in [9.17, 15) is 24.1 Å². The van der Waals surface area contributed by atoms with Gasteiger partial charge in [0.1, 0.15) is 5.82 Å². The number of carbonyl (C=O) groups excluding carboxylic acids is 2. The van der Waals surface area contributed by atoms with Gasteiger partial charge in [-0.2, -0.15) is 0 Å². The van der Waals surface area contributed by atoms with Crippen molar-refractivity contribution in [1.29, 1.82) is 0 Å². The molecule has 1 atom stereocenters. The van der Waals surface area contributed by atoms with Crippen molar-refractivity contribution < 1.29 is 18.9 Å². The fraction of sp³-hybridized carbons (Fsp3) is 0.222. The van der Waals surface area contributed by atoms with Crippen LogP contribution < -0.4 is 10.6 Å². The molecule has 0 saturated carbocycles. The van der Waals surface area contributed by atoms with Gasteiger partial charge in [0.15, 0.2) is 0 Å². The van der Waals surface area contributed by atoms with Gasteiger partial charge in [-0.3, -0.25) is 19.7 Å². The van der Waals surface area contributed by atoms with Gasteiger partial charge in [0, 0.05) is 30.7 Å². The summed E-state index contributed by atoms with van der Waals surface area (Å²) in [6.45, 7) is 1.90. The van der Waals surface area contributed by atoms with Crippen molar-refractivity contribution >= 4 is 17.5 Å². The molecule has 26 heavy (non-hydrogen) atoms. The van der Waals surface area contributed by atoms with Crippen molar-refractivity contribution in [1.82, 2.24) is 10.6 Å². The smallest absolute Gasteiger partial charge is 0.269 e. The monoisotopic (exact) mass is 359 g/mol. The van der Waals surface area contributed by atoms with E-state index in [1.807, 2.05) is 0 Å². The van der Waals surface area contributed by atoms with Gasteiger partial charge in [-0.25, -0.2) is 4.39 Å². The van der Waals surface area contributed by atoms with Crippen LogP contribution in [0.5, 0.6) is 0 Å². The lowest BCUT2D eigenvalue weighted by atomic mass is 10.1. The number of nitrogens with zero attached hydrogens (tertiary/aromatic N) is 1. The molecule has 2 N–H and O–H groups in total. The fourth-order valence-electron chi connectivity index (χ4n) is 2.27. The molecule has 0 radical (unpaired) electrons. The third-order valence-corrected chi connectivity index (χ3v) is 3.73. The van der Waals surface area contributed by atoms with Crippen molar-refractivity contribution in [3.05, 3.63) is 75.6 Å². The number of benzene rings is 2. The topological polar surface area (TPSA) is 101 Å². The Balaban J connectivity index is 1.77. The minimum absolute atomic E-state index is 0.0737. The first-order valence-corrected chi connectivity index (χ1v) is 7.94. The lowest BCUT2D eigenvalue weighted by molar-refractivity contribution is -0.384. The van der Waals surface area contributed by atoms with E-state index in [0.29, 0.717) is 0 Å². The first kappa shape index (κ1) is 19.0. The summed E-state index contributed by atoms with van der Waals surface area (Å²) in [5, 5.41) is 15.9. The van der Waals surface area contributed by atoms with Crippen LogP contribution in [0.15, 0.2) is 48.5 Å². The Hall–Kier alpha value is -3.29. The minimum Gasteiger partial charge on any atom is -0.352 e. The molecule has 2 rings (SSSR count). The highest BCUT2D eigenvalue weighted by Gasteiger charge is 2.12. The lowest BCUT2D eigenvalue weighted by Crippen LogP contribution is -2.32. The molecule has 0 aliphatic carbocycles. The quantitative estimate of drug-likeness (QED) is 0.586. The maximum Gasteiger partial charge on any atom is 0.269 e. The molecule has 136 valence electrons. The maximum atomic E-state index is 12.9. The van der Waals surface area contributed by atoms with Crippen molar-refractivity contribution in [2.75, 3.05) is 6.54 Å². The summed E-state index contributed by atoms with van der Waals surface area (Å²) in [7, 11) is 0. The summed E-state index contributed by atoms with van der Waals surface area (Å²) in [4.78, 5) is 33.9. The van der Waals surface area contributed by atoms with E-state index in [-0.39, 0.29) is 42.0 Å². The van der Waals surface area contributed by atoms with Crippen LogP contribution in [0.4, 0.5) is 10.1 Å². The molecule has 0 spiro atoms. The van der Waals surface area contributed by atoms with Crippen LogP contribution in [0.1, 0.15) is 35.3 Å². The van der Waals surface area contributed by atoms with E-state index in [1.54, 1.807) is 19.1 Å². The second-order valence-corrected chi connectivity index (χ2v) is 5.65. The van der Waals surface area contributed by atoms with E-state index in [2.05, 4.69) is 10.6 Å². The zero-order chi connectivity index (χ0) is 19.1. The van der Waals surface area contributed by atoms with E-state index < -0.39 is 10.8 Å². The molecule has 0 saturated heterocycles. The first-order chi connectivity index (χ1) is 12.4. The Labute approximate surface area is 149 Å². The summed E-state index contributed by atoms with van der Waals surface area (Å²) in [6.07, 6.45) is 0.0737. The zero-order valence-electron chi connectivity index (χ0n) is 14.1. The van der Waals surface area contributed by atoms with Crippen LogP contribution in [0.2, 0.25) is 0 Å². The minimum atomic E-state index is -0.547. The summed E-state index contributed by atoms with van der Waals surface area (Å²) >= 11 is 0. The third-order valence-electron chi connectivity index (χ3n) is 3.73. The van der Waals surface area contributed by atoms with Gasteiger partial charge in [0.25, 0.3) is 11.6 Å². The molecule has 7 nitrogen and oxygen atoms in total. The van der Waals surface area contributed by atoms with Crippen LogP contribution in [0.25, 0.3) is 0 Å². The number of nitro groups is 1. The highest BCUT2D eigenvalue weighted by Crippen LogP contribution is 2.13. The van der Waals surface area contributed by atoms with Crippen molar-refractivity contribution in [3.63, 3.8) is 0 Å². The number of rotatable bonds is 7. The van der Waals surface area contributed by atoms with Crippen LogP contribution in [0.3, 0.4) is 0 Å². The molecule has 0 aromatic heterocycles. The van der Waals surface area contributed by atoms with Gasteiger partial charge in [-0.05, 0) is 36.8 Å². The Kier molecular flexibility index (Phi) is 6.37. The van der Waals surface area contributed by atoms with Crippen LogP contribution >= 0.6 is 0 Å². The Bertz CT molecular complexity index is 791. The number of amides is 2. The van der Waals surface area contributed by atoms with Crippen LogP contribution in [-0.4, -0.2) is 23.3 Å². The molecule has 0 bridgehead atoms. The largest absolute Gasteiger partial charge is 0.352 e. The van der Waals surface area contributed by atoms with Crippen LogP contribution in [0, 0.1) is 15.9 Å². The van der Waals surface area contributed by atoms with E-state index in [4.69, 9.17) is 0 Å². The Morgan fingerprint density at radius 3 is 2.31 bits per heavy atom. The van der Waals surface area contributed by atoms with Gasteiger partial charge >= 0.3 is 0 Å².